The van der Waals surface area contributed by atoms with Crippen molar-refractivity contribution in [2.24, 2.45) is 11.8 Å². The predicted octanol–water partition coefficient (Wildman–Crippen LogP) is 0.831. The lowest BCUT2D eigenvalue weighted by molar-refractivity contribution is -0.146. The van der Waals surface area contributed by atoms with Crippen molar-refractivity contribution >= 4 is 46.4 Å². The largest absolute Gasteiger partial charge is 0.481 e. The number of aromatic amines is 1. The number of carboxylic acid groups (broad SMARTS) is 1. The molecule has 4 rings (SSSR count). The van der Waals surface area contributed by atoms with E-state index >= 15 is 0 Å². The molecule has 0 radical (unpaired) electrons. The van der Waals surface area contributed by atoms with Gasteiger partial charge < -0.3 is 36.3 Å². The second kappa shape index (κ2) is 13.9. The number of carboxylic acids is 1. The minimum atomic E-state index is -1.48. The molecule has 0 bridgehead atoms. The summed E-state index contributed by atoms with van der Waals surface area (Å²) in [7, 11) is 0. The number of amides is 5. The van der Waals surface area contributed by atoms with Gasteiger partial charge in [-0.3, -0.25) is 28.8 Å². The topological polar surface area (TPSA) is 190 Å². The van der Waals surface area contributed by atoms with Crippen molar-refractivity contribution < 1.29 is 33.9 Å². The molecule has 5 atom stereocenters. The molecule has 1 aromatic heterocycles. The van der Waals surface area contributed by atoms with Crippen LogP contribution >= 0.6 is 0 Å². The molecule has 238 valence electrons. The third-order valence-electron chi connectivity index (χ3n) is 8.15. The number of carbonyl (C=O) groups is 6. The fourth-order valence-corrected chi connectivity index (χ4v) is 5.90. The smallest absolute Gasteiger partial charge is 0.305 e. The van der Waals surface area contributed by atoms with E-state index in [1.165, 1.54) is 4.90 Å². The quantitative estimate of drug-likeness (QED) is 0.268. The summed E-state index contributed by atoms with van der Waals surface area (Å²) in [5.74, 6) is -4.86. The lowest BCUT2D eigenvalue weighted by Crippen LogP contribution is -2.59. The average molecular weight is 611 g/mol. The molecular formula is C31H42N6O7. The highest BCUT2D eigenvalue weighted by molar-refractivity contribution is 5.99. The zero-order valence-electron chi connectivity index (χ0n) is 25.5. The molecule has 13 heteroatoms. The molecule has 44 heavy (non-hydrogen) atoms. The van der Waals surface area contributed by atoms with Crippen LogP contribution in [0.3, 0.4) is 0 Å². The maximum absolute atomic E-state index is 13.8. The summed E-state index contributed by atoms with van der Waals surface area (Å²) in [5.41, 5.74) is 1.55. The standard InChI is InChI=1S/C31H42N6O7/c1-16(2)12-21-27(40)33-22(13-18-15-32-20-9-6-5-8-19(18)20)28(41)35-23(14-25(38)39)31(44)37-11-7-10-24(37)29(42)36-26(17(3)4)30(43)34-21/h5-6,8-9,15-17,21-24,26,32H,7,10-14H2,1-4H3,(H,33,40)(H,34,43)(H,35,41)(H,36,42)(H,38,39)/t21-,22+,23+,24+,26+/m0/s1. The van der Waals surface area contributed by atoms with Gasteiger partial charge in [-0.1, -0.05) is 45.9 Å². The summed E-state index contributed by atoms with van der Waals surface area (Å²) in [6, 6.07) is 1.79. The minimum Gasteiger partial charge on any atom is -0.481 e. The fraction of sp³-hybridized carbons (Fsp3) is 0.548. The normalized spacial score (nSPS) is 25.6. The number of aliphatic carboxylic acids is 1. The average Bonchev–Trinajstić information content (AvgIpc) is 3.61. The maximum atomic E-state index is 13.8. The lowest BCUT2D eigenvalue weighted by atomic mass is 9.98. The highest BCUT2D eigenvalue weighted by Gasteiger charge is 2.41. The molecule has 5 amide bonds. The van der Waals surface area contributed by atoms with Gasteiger partial charge in [-0.2, -0.15) is 0 Å². The van der Waals surface area contributed by atoms with Gasteiger partial charge in [0.1, 0.15) is 30.2 Å². The number of para-hydroxylation sites is 1. The van der Waals surface area contributed by atoms with Crippen molar-refractivity contribution in [3.63, 3.8) is 0 Å². The SMILES string of the molecule is CC(C)C[C@@H]1NC(=O)[C@@H](C(C)C)NC(=O)[C@H]2CCCN2C(=O)[C@@H](CC(=O)O)NC(=O)[C@@H](Cc2c[nH]c3ccccc23)NC1=O. The van der Waals surface area contributed by atoms with Crippen molar-refractivity contribution in [3.05, 3.63) is 36.0 Å². The Morgan fingerprint density at radius 3 is 2.23 bits per heavy atom. The number of benzene rings is 1. The molecule has 1 aromatic carbocycles. The number of hydrogen-bond acceptors (Lipinski definition) is 6. The minimum absolute atomic E-state index is 0.00858. The Morgan fingerprint density at radius 2 is 1.55 bits per heavy atom. The number of carbonyl (C=O) groups excluding carboxylic acids is 5. The van der Waals surface area contributed by atoms with Gasteiger partial charge in [0.25, 0.3) is 0 Å². The Labute approximate surface area is 255 Å². The van der Waals surface area contributed by atoms with Crippen LogP contribution in [0.2, 0.25) is 0 Å². The second-order valence-corrected chi connectivity index (χ2v) is 12.4. The van der Waals surface area contributed by atoms with Crippen LogP contribution in [0, 0.1) is 11.8 Å². The van der Waals surface area contributed by atoms with Crippen LogP contribution in [0.15, 0.2) is 30.5 Å². The summed E-state index contributed by atoms with van der Waals surface area (Å²) in [6.45, 7) is 7.49. The number of rotatable bonds is 7. The van der Waals surface area contributed by atoms with Crippen molar-refractivity contribution in [1.82, 2.24) is 31.2 Å². The van der Waals surface area contributed by atoms with Crippen LogP contribution in [-0.2, 0) is 35.2 Å². The van der Waals surface area contributed by atoms with Crippen LogP contribution in [0.4, 0.5) is 0 Å². The monoisotopic (exact) mass is 610 g/mol. The molecular weight excluding hydrogens is 568 g/mol. The van der Waals surface area contributed by atoms with E-state index in [-0.39, 0.29) is 31.2 Å². The van der Waals surface area contributed by atoms with Gasteiger partial charge in [0.15, 0.2) is 0 Å². The Morgan fingerprint density at radius 1 is 0.886 bits per heavy atom. The van der Waals surface area contributed by atoms with Crippen LogP contribution in [-0.4, -0.2) is 87.2 Å². The third kappa shape index (κ3) is 7.56. The molecule has 2 fully saturated rings. The van der Waals surface area contributed by atoms with Gasteiger partial charge in [-0.05, 0) is 42.7 Å². The Hall–Kier alpha value is -4.42. The molecule has 0 spiro atoms. The molecule has 2 aromatic rings. The predicted molar refractivity (Wildman–Crippen MR) is 161 cm³/mol. The molecule has 0 unspecified atom stereocenters. The van der Waals surface area contributed by atoms with Gasteiger partial charge in [0.05, 0.1) is 6.42 Å². The second-order valence-electron chi connectivity index (χ2n) is 12.4. The third-order valence-corrected chi connectivity index (χ3v) is 8.15. The van der Waals surface area contributed by atoms with E-state index in [0.29, 0.717) is 12.8 Å². The molecule has 13 nitrogen and oxygen atoms in total. The van der Waals surface area contributed by atoms with E-state index in [0.717, 1.165) is 16.5 Å². The summed E-state index contributed by atoms with van der Waals surface area (Å²) in [5, 5.41) is 21.3. The van der Waals surface area contributed by atoms with Crippen LogP contribution in [0.1, 0.15) is 58.9 Å². The first kappa shape index (κ1) is 32.5. The number of H-pyrrole nitrogens is 1. The van der Waals surface area contributed by atoms with Crippen molar-refractivity contribution in [2.45, 2.75) is 90.0 Å². The summed E-state index contributed by atoms with van der Waals surface area (Å²) in [4.78, 5) is 84.4. The number of fused-ring (bicyclic) bond motifs is 2. The number of nitrogens with zero attached hydrogens (tertiary/aromatic N) is 1. The fourth-order valence-electron chi connectivity index (χ4n) is 5.90. The van der Waals surface area contributed by atoms with Crippen LogP contribution in [0.25, 0.3) is 10.9 Å². The lowest BCUT2D eigenvalue weighted by Gasteiger charge is -2.30. The van der Waals surface area contributed by atoms with Gasteiger partial charge in [0.2, 0.25) is 29.5 Å². The summed E-state index contributed by atoms with van der Waals surface area (Å²) >= 11 is 0. The first-order valence-corrected chi connectivity index (χ1v) is 15.1. The Kier molecular flexibility index (Phi) is 10.3. The van der Waals surface area contributed by atoms with Crippen LogP contribution in [0.5, 0.6) is 0 Å². The highest BCUT2D eigenvalue weighted by atomic mass is 16.4. The van der Waals surface area contributed by atoms with Crippen molar-refractivity contribution in [1.29, 1.82) is 0 Å². The van der Waals surface area contributed by atoms with E-state index in [4.69, 9.17) is 0 Å². The van der Waals surface area contributed by atoms with Crippen molar-refractivity contribution in [3.8, 4) is 0 Å². The number of hydrogen-bond donors (Lipinski definition) is 6. The molecule has 6 N–H and O–H groups in total. The molecule has 2 saturated heterocycles. The zero-order valence-corrected chi connectivity index (χ0v) is 25.5. The number of nitrogens with one attached hydrogen (secondary N) is 5. The van der Waals surface area contributed by atoms with E-state index in [1.807, 2.05) is 38.1 Å². The Balaban J connectivity index is 1.76. The molecule has 2 aliphatic rings. The highest BCUT2D eigenvalue weighted by Crippen LogP contribution is 2.22. The van der Waals surface area contributed by atoms with Crippen LogP contribution < -0.4 is 21.3 Å². The zero-order chi connectivity index (χ0) is 32.1. The first-order valence-electron chi connectivity index (χ1n) is 15.1. The molecule has 0 saturated carbocycles. The van der Waals surface area contributed by atoms with Gasteiger partial charge >= 0.3 is 5.97 Å². The molecule has 0 aliphatic carbocycles. The molecule has 3 heterocycles. The number of aromatic nitrogens is 1. The van der Waals surface area contributed by atoms with E-state index < -0.39 is 72.1 Å². The molecule has 2 aliphatic heterocycles. The van der Waals surface area contributed by atoms with Gasteiger partial charge in [-0.15, -0.1) is 0 Å². The summed E-state index contributed by atoms with van der Waals surface area (Å²) in [6.07, 6.45) is 2.11. The van der Waals surface area contributed by atoms with E-state index in [2.05, 4.69) is 26.3 Å². The summed E-state index contributed by atoms with van der Waals surface area (Å²) < 4.78 is 0. The first-order chi connectivity index (χ1) is 20.8. The van der Waals surface area contributed by atoms with Crippen molar-refractivity contribution in [2.75, 3.05) is 6.54 Å². The van der Waals surface area contributed by atoms with Gasteiger partial charge in [0, 0.05) is 30.1 Å². The van der Waals surface area contributed by atoms with Gasteiger partial charge in [-0.25, -0.2) is 0 Å². The Bertz CT molecular complexity index is 1420. The van der Waals surface area contributed by atoms with E-state index in [9.17, 15) is 33.9 Å². The maximum Gasteiger partial charge on any atom is 0.305 e. The van der Waals surface area contributed by atoms with E-state index in [1.54, 1.807) is 20.0 Å².